The maximum absolute atomic E-state index is 5.66. The Morgan fingerprint density at radius 2 is 2.00 bits per heavy atom. The minimum atomic E-state index is 0.510. The van der Waals surface area contributed by atoms with E-state index in [1.807, 2.05) is 0 Å². The number of rotatable bonds is 3. The van der Waals surface area contributed by atoms with Crippen LogP contribution in [0.5, 0.6) is 0 Å². The van der Waals surface area contributed by atoms with Crippen molar-refractivity contribution in [2.45, 2.75) is 18.9 Å². The summed E-state index contributed by atoms with van der Waals surface area (Å²) in [6, 6.07) is 0. The lowest BCUT2D eigenvalue weighted by molar-refractivity contribution is 0.00132. The molecule has 0 aromatic carbocycles. The minimum Gasteiger partial charge on any atom is -0.375 e. The fourth-order valence-electron chi connectivity index (χ4n) is 1.46. The average Bonchev–Trinajstić information content (AvgIpc) is 2.36. The lowest BCUT2D eigenvalue weighted by Gasteiger charge is -2.28. The molecule has 2 heteroatoms. The largest absolute Gasteiger partial charge is 0.375 e. The van der Waals surface area contributed by atoms with Crippen LogP contribution in [0.4, 0.5) is 0 Å². The molecule has 1 N–H and O–H groups in total. The van der Waals surface area contributed by atoms with E-state index < -0.39 is 0 Å². The van der Waals surface area contributed by atoms with Gasteiger partial charge in [-0.15, -0.1) is 0 Å². The van der Waals surface area contributed by atoms with Gasteiger partial charge in [-0.3, -0.25) is 0 Å². The van der Waals surface area contributed by atoms with Crippen molar-refractivity contribution in [3.8, 4) is 0 Å². The Bertz CT molecular complexity index is 144. The smallest absolute Gasteiger partial charge is 0.0823 e. The fourth-order valence-corrected chi connectivity index (χ4v) is 1.46. The van der Waals surface area contributed by atoms with Crippen LogP contribution in [0.3, 0.4) is 0 Å². The van der Waals surface area contributed by atoms with E-state index in [4.69, 9.17) is 4.74 Å². The predicted molar refractivity (Wildman–Crippen MR) is 44.5 cm³/mol. The normalized spacial score (nSPS) is 25.8. The molecule has 0 saturated carbocycles. The molecule has 1 heterocycles. The van der Waals surface area contributed by atoms with Crippen molar-refractivity contribution in [3.05, 3.63) is 12.2 Å². The zero-order chi connectivity index (χ0) is 7.52. The van der Waals surface area contributed by atoms with Crippen molar-refractivity contribution >= 4 is 0 Å². The van der Waals surface area contributed by atoms with E-state index in [1.54, 1.807) is 0 Å². The quantitative estimate of drug-likeness (QED) is 0.609. The molecule has 0 atom stereocenters. The number of hydrogen-bond donors (Lipinski definition) is 1. The van der Waals surface area contributed by atoms with Gasteiger partial charge in [-0.1, -0.05) is 12.2 Å². The van der Waals surface area contributed by atoms with Gasteiger partial charge in [0.25, 0.3) is 0 Å². The molecule has 2 rings (SSSR count). The average molecular weight is 153 g/mol. The van der Waals surface area contributed by atoms with Crippen LogP contribution >= 0.6 is 0 Å². The summed E-state index contributed by atoms with van der Waals surface area (Å²) < 4.78 is 5.66. The summed E-state index contributed by atoms with van der Waals surface area (Å²) in [6.07, 6.45) is 7.47. The molecule has 0 amide bonds. The van der Waals surface area contributed by atoms with Crippen molar-refractivity contribution < 1.29 is 4.74 Å². The van der Waals surface area contributed by atoms with Crippen molar-refractivity contribution in [1.82, 2.24) is 5.32 Å². The first-order chi connectivity index (χ1) is 5.45. The summed E-state index contributed by atoms with van der Waals surface area (Å²) in [5, 5.41) is 3.20. The highest BCUT2D eigenvalue weighted by atomic mass is 16.5. The molecule has 0 unspecified atom stereocenters. The van der Waals surface area contributed by atoms with E-state index in [0.717, 1.165) is 25.6 Å². The third-order valence-electron chi connectivity index (χ3n) is 2.42. The molecule has 0 bridgehead atoms. The second kappa shape index (κ2) is 3.37. The third kappa shape index (κ3) is 1.82. The molecular formula is C9H15NO. The second-order valence-electron chi connectivity index (χ2n) is 3.42. The molecule has 0 aromatic rings. The zero-order valence-corrected chi connectivity index (χ0v) is 6.75. The second-order valence-corrected chi connectivity index (χ2v) is 3.42. The molecule has 1 fully saturated rings. The Morgan fingerprint density at radius 1 is 1.27 bits per heavy atom. The van der Waals surface area contributed by atoms with Crippen molar-refractivity contribution in [3.63, 3.8) is 0 Å². The minimum absolute atomic E-state index is 0.510. The number of hydrogen-bond acceptors (Lipinski definition) is 2. The van der Waals surface area contributed by atoms with Gasteiger partial charge in [0, 0.05) is 13.1 Å². The Morgan fingerprint density at radius 3 is 2.55 bits per heavy atom. The zero-order valence-electron chi connectivity index (χ0n) is 6.75. The molecule has 62 valence electrons. The van der Waals surface area contributed by atoms with E-state index in [2.05, 4.69) is 17.5 Å². The molecule has 0 radical (unpaired) electrons. The summed E-state index contributed by atoms with van der Waals surface area (Å²) in [5.41, 5.74) is 0. The van der Waals surface area contributed by atoms with Crippen molar-refractivity contribution in [2.24, 2.45) is 5.92 Å². The summed E-state index contributed by atoms with van der Waals surface area (Å²) in [4.78, 5) is 0. The Hall–Kier alpha value is -0.340. The van der Waals surface area contributed by atoms with Crippen LogP contribution in [0, 0.1) is 5.92 Å². The number of nitrogens with one attached hydrogen (secondary N) is 1. The molecule has 0 aromatic heterocycles. The molecule has 2 aliphatic rings. The molecule has 0 spiro atoms. The van der Waals surface area contributed by atoms with Crippen LogP contribution in [0.15, 0.2) is 12.2 Å². The van der Waals surface area contributed by atoms with Crippen molar-refractivity contribution in [1.29, 1.82) is 0 Å². The van der Waals surface area contributed by atoms with Crippen LogP contribution in [0.1, 0.15) is 12.8 Å². The number of ether oxygens (including phenoxy) is 1. The van der Waals surface area contributed by atoms with E-state index >= 15 is 0 Å². The lowest BCUT2D eigenvalue weighted by Crippen LogP contribution is -2.48. The van der Waals surface area contributed by atoms with Crippen LogP contribution in [-0.4, -0.2) is 25.8 Å². The highest BCUT2D eigenvalue weighted by Crippen LogP contribution is 2.18. The molecule has 1 aliphatic heterocycles. The SMILES string of the molecule is C1=CCC(COC2CNC2)C1. The van der Waals surface area contributed by atoms with Gasteiger partial charge in [-0.25, -0.2) is 0 Å². The van der Waals surface area contributed by atoms with Gasteiger partial charge in [0.1, 0.15) is 0 Å². The van der Waals surface area contributed by atoms with Crippen molar-refractivity contribution in [2.75, 3.05) is 19.7 Å². The Kier molecular flexibility index (Phi) is 2.24. The third-order valence-corrected chi connectivity index (χ3v) is 2.42. The first-order valence-corrected chi connectivity index (χ1v) is 4.42. The topological polar surface area (TPSA) is 21.3 Å². The standard InChI is InChI=1S/C9H15NO/c1-2-4-8(3-1)7-11-9-5-10-6-9/h1-2,8-10H,3-7H2. The molecule has 1 aliphatic carbocycles. The molecule has 1 saturated heterocycles. The van der Waals surface area contributed by atoms with Gasteiger partial charge in [-0.2, -0.15) is 0 Å². The molecule has 2 nitrogen and oxygen atoms in total. The lowest BCUT2D eigenvalue weighted by atomic mass is 10.1. The van der Waals surface area contributed by atoms with Gasteiger partial charge in [0.2, 0.25) is 0 Å². The van der Waals surface area contributed by atoms with E-state index in [0.29, 0.717) is 6.10 Å². The molecular weight excluding hydrogens is 138 g/mol. The van der Waals surface area contributed by atoms with Gasteiger partial charge in [-0.05, 0) is 18.8 Å². The monoisotopic (exact) mass is 153 g/mol. The Labute approximate surface area is 67.6 Å². The van der Waals surface area contributed by atoms with Crippen LogP contribution in [-0.2, 0) is 4.74 Å². The fraction of sp³-hybridized carbons (Fsp3) is 0.778. The maximum atomic E-state index is 5.66. The predicted octanol–water partition coefficient (Wildman–Crippen LogP) is 0.941. The van der Waals surface area contributed by atoms with E-state index in [-0.39, 0.29) is 0 Å². The van der Waals surface area contributed by atoms with Crippen LogP contribution in [0.2, 0.25) is 0 Å². The molecule has 11 heavy (non-hydrogen) atoms. The summed E-state index contributed by atoms with van der Waals surface area (Å²) in [7, 11) is 0. The van der Waals surface area contributed by atoms with Gasteiger partial charge in [0.05, 0.1) is 12.7 Å². The van der Waals surface area contributed by atoms with Crippen LogP contribution in [0.25, 0.3) is 0 Å². The van der Waals surface area contributed by atoms with Crippen LogP contribution < -0.4 is 5.32 Å². The Balaban J connectivity index is 1.58. The first-order valence-electron chi connectivity index (χ1n) is 4.42. The van der Waals surface area contributed by atoms with E-state index in [9.17, 15) is 0 Å². The summed E-state index contributed by atoms with van der Waals surface area (Å²) >= 11 is 0. The van der Waals surface area contributed by atoms with Gasteiger partial charge in [0.15, 0.2) is 0 Å². The summed E-state index contributed by atoms with van der Waals surface area (Å²) in [6.45, 7) is 3.07. The first kappa shape index (κ1) is 7.32. The summed E-state index contributed by atoms with van der Waals surface area (Å²) in [5.74, 6) is 0.774. The highest BCUT2D eigenvalue weighted by molar-refractivity contribution is 4.94. The number of allylic oxidation sites excluding steroid dienone is 2. The maximum Gasteiger partial charge on any atom is 0.0823 e. The highest BCUT2D eigenvalue weighted by Gasteiger charge is 2.19. The van der Waals surface area contributed by atoms with Gasteiger partial charge < -0.3 is 10.1 Å². The van der Waals surface area contributed by atoms with E-state index in [1.165, 1.54) is 12.8 Å². The van der Waals surface area contributed by atoms with Gasteiger partial charge >= 0.3 is 0 Å².